The molecule has 1 aliphatic rings. The van der Waals surface area contributed by atoms with Crippen molar-refractivity contribution in [3.63, 3.8) is 0 Å². The number of methoxy groups -OCH3 is 2. The minimum atomic E-state index is -0.624. The van der Waals surface area contributed by atoms with E-state index in [0.717, 1.165) is 40.8 Å². The van der Waals surface area contributed by atoms with Crippen LogP contribution in [-0.4, -0.2) is 38.2 Å². The third kappa shape index (κ3) is 5.04. The first-order valence-corrected chi connectivity index (χ1v) is 13.7. The number of aryl methyl sites for hydroxylation is 2. The number of carbonyl (C=O) groups is 1. The van der Waals surface area contributed by atoms with Crippen LogP contribution in [-0.2, 0) is 6.42 Å². The molecule has 1 aliphatic heterocycles. The van der Waals surface area contributed by atoms with E-state index in [-0.39, 0.29) is 17.1 Å². The Hall–Kier alpha value is -4.26. The van der Waals surface area contributed by atoms with Gasteiger partial charge >= 0.3 is 0 Å². The third-order valence-corrected chi connectivity index (χ3v) is 7.46. The van der Waals surface area contributed by atoms with Gasteiger partial charge < -0.3 is 23.5 Å². The number of benzene rings is 3. The van der Waals surface area contributed by atoms with Crippen LogP contribution in [0, 0.1) is 13.8 Å². The van der Waals surface area contributed by atoms with Crippen molar-refractivity contribution in [3.05, 3.63) is 98.4 Å². The molecule has 1 aromatic heterocycles. The van der Waals surface area contributed by atoms with Gasteiger partial charge in [-0.05, 0) is 79.3 Å². The molecule has 0 fully saturated rings. The van der Waals surface area contributed by atoms with Crippen LogP contribution in [0.3, 0.4) is 0 Å². The quantitative estimate of drug-likeness (QED) is 0.216. The molecule has 0 bridgehead atoms. The molecule has 1 atom stereocenters. The number of amides is 1. The van der Waals surface area contributed by atoms with Crippen LogP contribution in [0.2, 0.25) is 0 Å². The smallest absolute Gasteiger partial charge is 0.290 e. The number of nitrogens with zero attached hydrogens (tertiary/aromatic N) is 1. The van der Waals surface area contributed by atoms with Crippen LogP contribution in [0.1, 0.15) is 64.2 Å². The Kier molecular flexibility index (Phi) is 7.83. The van der Waals surface area contributed by atoms with Gasteiger partial charge in [0, 0.05) is 6.54 Å². The number of carbonyl (C=O) groups excluding carboxylic acids is 1. The van der Waals surface area contributed by atoms with E-state index in [4.69, 9.17) is 18.6 Å². The van der Waals surface area contributed by atoms with Gasteiger partial charge in [0.2, 0.25) is 5.76 Å². The van der Waals surface area contributed by atoms with Gasteiger partial charge in [-0.1, -0.05) is 37.6 Å². The van der Waals surface area contributed by atoms with Crippen LogP contribution in [0.15, 0.2) is 63.8 Å². The molecule has 2 heterocycles. The molecule has 1 unspecified atom stereocenters. The standard InChI is InChI=1S/C33H35NO6/c1-6-7-16-39-26-13-10-23(19-27(26)38-5)29-28-30(35)25-18-20(2)17-21(3)31(25)40-32(28)33(36)34(29)15-14-22-8-11-24(37-4)12-9-22/h8-13,17-19,29H,6-7,14-16H2,1-5H3. The predicted molar refractivity (Wildman–Crippen MR) is 155 cm³/mol. The average Bonchev–Trinajstić information content (AvgIpc) is 3.24. The summed E-state index contributed by atoms with van der Waals surface area (Å²) in [7, 11) is 3.22. The van der Waals surface area contributed by atoms with Crippen molar-refractivity contribution >= 4 is 16.9 Å². The van der Waals surface area contributed by atoms with Crippen molar-refractivity contribution in [2.24, 2.45) is 0 Å². The highest BCUT2D eigenvalue weighted by atomic mass is 16.5. The second kappa shape index (κ2) is 11.5. The number of hydrogen-bond donors (Lipinski definition) is 0. The first-order valence-electron chi connectivity index (χ1n) is 13.7. The second-order valence-corrected chi connectivity index (χ2v) is 10.2. The maximum Gasteiger partial charge on any atom is 0.290 e. The van der Waals surface area contributed by atoms with Crippen molar-refractivity contribution < 1.29 is 23.4 Å². The zero-order chi connectivity index (χ0) is 28.4. The van der Waals surface area contributed by atoms with E-state index in [1.165, 1.54) is 0 Å². The Balaban J connectivity index is 1.61. The summed E-state index contributed by atoms with van der Waals surface area (Å²) in [6.45, 7) is 6.93. The lowest BCUT2D eigenvalue weighted by Gasteiger charge is -2.26. The summed E-state index contributed by atoms with van der Waals surface area (Å²) < 4.78 is 23.1. The van der Waals surface area contributed by atoms with E-state index in [9.17, 15) is 9.59 Å². The lowest BCUT2D eigenvalue weighted by molar-refractivity contribution is 0.0730. The molecule has 0 aliphatic carbocycles. The minimum Gasteiger partial charge on any atom is -0.497 e. The summed E-state index contributed by atoms with van der Waals surface area (Å²) in [6.07, 6.45) is 2.55. The fraction of sp³-hybridized carbons (Fsp3) is 0.333. The van der Waals surface area contributed by atoms with Crippen LogP contribution in [0.25, 0.3) is 11.0 Å². The number of unbranched alkanes of at least 4 members (excludes halogenated alkanes) is 1. The molecule has 5 rings (SSSR count). The van der Waals surface area contributed by atoms with Gasteiger partial charge in [0.15, 0.2) is 16.9 Å². The van der Waals surface area contributed by atoms with E-state index in [1.807, 2.05) is 68.4 Å². The molecule has 4 aromatic rings. The highest BCUT2D eigenvalue weighted by Gasteiger charge is 2.43. The molecule has 7 heteroatoms. The van der Waals surface area contributed by atoms with Crippen molar-refractivity contribution in [3.8, 4) is 17.2 Å². The summed E-state index contributed by atoms with van der Waals surface area (Å²) >= 11 is 0. The molecule has 0 N–H and O–H groups in total. The van der Waals surface area contributed by atoms with Gasteiger partial charge in [0.25, 0.3) is 5.91 Å². The van der Waals surface area contributed by atoms with Gasteiger partial charge in [-0.15, -0.1) is 0 Å². The van der Waals surface area contributed by atoms with E-state index in [1.54, 1.807) is 19.1 Å². The minimum absolute atomic E-state index is 0.103. The zero-order valence-electron chi connectivity index (χ0n) is 23.7. The molecule has 7 nitrogen and oxygen atoms in total. The van der Waals surface area contributed by atoms with Gasteiger partial charge in [-0.25, -0.2) is 0 Å². The Morgan fingerprint density at radius 3 is 2.40 bits per heavy atom. The molecule has 0 radical (unpaired) electrons. The molecule has 0 spiro atoms. The number of fused-ring (bicyclic) bond motifs is 2. The maximum atomic E-state index is 14.0. The van der Waals surface area contributed by atoms with Crippen molar-refractivity contribution in [1.29, 1.82) is 0 Å². The summed E-state index contributed by atoms with van der Waals surface area (Å²) in [4.78, 5) is 29.7. The average molecular weight is 542 g/mol. The van der Waals surface area contributed by atoms with E-state index >= 15 is 0 Å². The lowest BCUT2D eigenvalue weighted by Crippen LogP contribution is -2.31. The Morgan fingerprint density at radius 1 is 0.925 bits per heavy atom. The molecule has 0 saturated carbocycles. The Morgan fingerprint density at radius 2 is 1.70 bits per heavy atom. The molecule has 0 saturated heterocycles. The third-order valence-electron chi connectivity index (χ3n) is 7.46. The molecule has 3 aromatic carbocycles. The van der Waals surface area contributed by atoms with Gasteiger partial charge in [0.1, 0.15) is 11.3 Å². The van der Waals surface area contributed by atoms with Crippen molar-refractivity contribution in [1.82, 2.24) is 4.90 Å². The SMILES string of the molecule is CCCCOc1ccc(C2c3c(oc4c(C)cc(C)cc4c3=O)C(=O)N2CCc2ccc(OC)cc2)cc1OC. The number of hydrogen-bond acceptors (Lipinski definition) is 6. The lowest BCUT2D eigenvalue weighted by atomic mass is 9.97. The topological polar surface area (TPSA) is 78.2 Å². The largest absolute Gasteiger partial charge is 0.497 e. The molecule has 1 amide bonds. The van der Waals surface area contributed by atoms with E-state index in [2.05, 4.69) is 6.92 Å². The molecule has 40 heavy (non-hydrogen) atoms. The maximum absolute atomic E-state index is 14.0. The van der Waals surface area contributed by atoms with Gasteiger partial charge in [-0.3, -0.25) is 9.59 Å². The molecular formula is C33H35NO6. The molecule has 208 valence electrons. The Bertz CT molecular complexity index is 1600. The normalized spacial score (nSPS) is 14.5. The first kappa shape index (κ1) is 27.3. The fourth-order valence-electron chi connectivity index (χ4n) is 5.39. The van der Waals surface area contributed by atoms with Gasteiger partial charge in [-0.2, -0.15) is 0 Å². The number of rotatable bonds is 10. The highest BCUT2D eigenvalue weighted by molar-refractivity contribution is 5.99. The highest BCUT2D eigenvalue weighted by Crippen LogP contribution is 2.41. The summed E-state index contributed by atoms with van der Waals surface area (Å²) in [6, 6.07) is 16.6. The number of ether oxygens (including phenoxy) is 3. The predicted octanol–water partition coefficient (Wildman–Crippen LogP) is 6.39. The monoisotopic (exact) mass is 541 g/mol. The Labute approximate surface area is 234 Å². The van der Waals surface area contributed by atoms with Crippen LogP contribution < -0.4 is 19.6 Å². The molecular weight excluding hydrogens is 506 g/mol. The zero-order valence-corrected chi connectivity index (χ0v) is 23.7. The van der Waals surface area contributed by atoms with Crippen LogP contribution >= 0.6 is 0 Å². The van der Waals surface area contributed by atoms with Crippen molar-refractivity contribution in [2.45, 2.75) is 46.1 Å². The van der Waals surface area contributed by atoms with Gasteiger partial charge in [0.05, 0.1) is 37.8 Å². The van der Waals surface area contributed by atoms with E-state index in [0.29, 0.717) is 47.6 Å². The summed E-state index contributed by atoms with van der Waals surface area (Å²) in [5, 5.41) is 0.484. The summed E-state index contributed by atoms with van der Waals surface area (Å²) in [5.74, 6) is 1.76. The first-order chi connectivity index (χ1) is 19.4. The summed E-state index contributed by atoms with van der Waals surface area (Å²) in [5.41, 5.74) is 4.23. The van der Waals surface area contributed by atoms with Crippen LogP contribution in [0.4, 0.5) is 0 Å². The van der Waals surface area contributed by atoms with Crippen LogP contribution in [0.5, 0.6) is 17.2 Å². The fourth-order valence-corrected chi connectivity index (χ4v) is 5.39. The second-order valence-electron chi connectivity index (χ2n) is 10.2. The van der Waals surface area contributed by atoms with Crippen molar-refractivity contribution in [2.75, 3.05) is 27.4 Å². The van der Waals surface area contributed by atoms with E-state index < -0.39 is 6.04 Å².